The second kappa shape index (κ2) is 7.51. The van der Waals surface area contributed by atoms with Gasteiger partial charge in [-0.2, -0.15) is 0 Å². The van der Waals surface area contributed by atoms with Crippen LogP contribution in [0.15, 0.2) is 77.3 Å². The van der Waals surface area contributed by atoms with Crippen molar-refractivity contribution < 1.29 is 4.79 Å². The lowest BCUT2D eigenvalue weighted by atomic mass is 10.0. The fourth-order valence-corrected chi connectivity index (χ4v) is 3.61. The van der Waals surface area contributed by atoms with Crippen LogP contribution in [0.1, 0.15) is 17.3 Å². The molecule has 4 aromatic rings. The van der Waals surface area contributed by atoms with E-state index in [4.69, 9.17) is 0 Å². The Kier molecular flexibility index (Phi) is 4.76. The minimum absolute atomic E-state index is 0.103. The van der Waals surface area contributed by atoms with Crippen molar-refractivity contribution in [3.63, 3.8) is 0 Å². The van der Waals surface area contributed by atoms with E-state index in [0.29, 0.717) is 10.2 Å². The van der Waals surface area contributed by atoms with Crippen LogP contribution < -0.4 is 10.9 Å². The van der Waals surface area contributed by atoms with Gasteiger partial charge in [-0.15, -0.1) is 11.3 Å². The monoisotopic (exact) mass is 376 g/mol. The van der Waals surface area contributed by atoms with Crippen molar-refractivity contribution in [1.82, 2.24) is 19.9 Å². The third kappa shape index (κ3) is 3.63. The molecule has 0 saturated carbocycles. The summed E-state index contributed by atoms with van der Waals surface area (Å²) in [5.74, 6) is -0.284. The number of carbonyl (C=O) groups excluding carboxylic acids is 1. The lowest BCUT2D eigenvalue weighted by Gasteiger charge is -2.19. The molecule has 0 aliphatic carbocycles. The number of carbonyl (C=O) groups is 1. The van der Waals surface area contributed by atoms with Gasteiger partial charge in [0.2, 0.25) is 5.91 Å². The largest absolute Gasteiger partial charge is 0.342 e. The van der Waals surface area contributed by atoms with Gasteiger partial charge in [0.15, 0.2) is 0 Å². The number of hydrogen-bond donors (Lipinski definition) is 1. The first-order chi connectivity index (χ1) is 13.2. The van der Waals surface area contributed by atoms with Crippen molar-refractivity contribution in [1.29, 1.82) is 0 Å². The quantitative estimate of drug-likeness (QED) is 0.581. The Bertz CT molecular complexity index is 1080. The lowest BCUT2D eigenvalue weighted by Crippen LogP contribution is -2.35. The average molecular weight is 376 g/mol. The highest BCUT2D eigenvalue weighted by Gasteiger charge is 2.18. The Labute approximate surface area is 159 Å². The number of nitrogens with zero attached hydrogens (tertiary/aromatic N) is 3. The van der Waals surface area contributed by atoms with Crippen LogP contribution in [0.2, 0.25) is 0 Å². The normalized spacial score (nSPS) is 12.0. The molecule has 0 bridgehead atoms. The molecule has 1 aromatic carbocycles. The molecule has 0 saturated heterocycles. The van der Waals surface area contributed by atoms with Crippen molar-refractivity contribution in [3.05, 3.63) is 94.1 Å². The van der Waals surface area contributed by atoms with Gasteiger partial charge < -0.3 is 5.32 Å². The standard InChI is InChI=1S/C20H16N4O2S/c25-17(12-24-13-22-19-15(20(24)26)9-11-27-19)23-18(14-6-2-1-3-7-14)16-8-4-5-10-21-16/h1-11,13,18H,12H2,(H,23,25). The SMILES string of the molecule is O=C(Cn1cnc2sccc2c1=O)NC(c1ccccc1)c1ccccn1. The second-order valence-electron chi connectivity index (χ2n) is 5.98. The molecule has 0 fully saturated rings. The number of fused-ring (bicyclic) bond motifs is 1. The molecule has 27 heavy (non-hydrogen) atoms. The topological polar surface area (TPSA) is 76.9 Å². The van der Waals surface area contributed by atoms with Crippen LogP contribution >= 0.6 is 11.3 Å². The summed E-state index contributed by atoms with van der Waals surface area (Å²) in [5.41, 5.74) is 1.43. The average Bonchev–Trinajstić information content (AvgIpc) is 3.19. The van der Waals surface area contributed by atoms with Crippen LogP contribution in [0, 0.1) is 0 Å². The highest BCUT2D eigenvalue weighted by atomic mass is 32.1. The van der Waals surface area contributed by atoms with Crippen LogP contribution in [0.5, 0.6) is 0 Å². The van der Waals surface area contributed by atoms with Gasteiger partial charge in [0.25, 0.3) is 5.56 Å². The number of nitrogens with one attached hydrogen (secondary N) is 1. The first-order valence-corrected chi connectivity index (χ1v) is 9.28. The van der Waals surface area contributed by atoms with E-state index in [9.17, 15) is 9.59 Å². The van der Waals surface area contributed by atoms with Crippen LogP contribution in [0.25, 0.3) is 10.2 Å². The second-order valence-corrected chi connectivity index (χ2v) is 6.88. The Hall–Kier alpha value is -3.32. The van der Waals surface area contributed by atoms with E-state index in [0.717, 1.165) is 11.3 Å². The highest BCUT2D eigenvalue weighted by molar-refractivity contribution is 7.16. The van der Waals surface area contributed by atoms with E-state index in [1.807, 2.05) is 53.9 Å². The van der Waals surface area contributed by atoms with Gasteiger partial charge >= 0.3 is 0 Å². The van der Waals surface area contributed by atoms with Gasteiger partial charge in [0, 0.05) is 6.20 Å². The number of pyridine rings is 1. The lowest BCUT2D eigenvalue weighted by molar-refractivity contribution is -0.122. The van der Waals surface area contributed by atoms with Crippen molar-refractivity contribution in [2.24, 2.45) is 0 Å². The molecule has 0 radical (unpaired) electrons. The Morgan fingerprint density at radius 3 is 2.67 bits per heavy atom. The molecule has 6 nitrogen and oxygen atoms in total. The number of benzene rings is 1. The van der Waals surface area contributed by atoms with Gasteiger partial charge in [-0.1, -0.05) is 36.4 Å². The molecular weight excluding hydrogens is 360 g/mol. The van der Waals surface area contributed by atoms with E-state index < -0.39 is 6.04 Å². The Balaban J connectivity index is 1.60. The molecule has 1 unspecified atom stereocenters. The third-order valence-corrected chi connectivity index (χ3v) is 5.01. The van der Waals surface area contributed by atoms with E-state index in [1.54, 1.807) is 12.3 Å². The van der Waals surface area contributed by atoms with E-state index in [1.165, 1.54) is 22.2 Å². The van der Waals surface area contributed by atoms with Gasteiger partial charge in [-0.25, -0.2) is 4.98 Å². The first kappa shape index (κ1) is 17.1. The summed E-state index contributed by atoms with van der Waals surface area (Å²) in [6.07, 6.45) is 3.11. The maximum Gasteiger partial charge on any atom is 0.262 e. The fraction of sp³-hybridized carbons (Fsp3) is 0.100. The Morgan fingerprint density at radius 2 is 1.89 bits per heavy atom. The molecule has 3 aromatic heterocycles. The number of aromatic nitrogens is 3. The molecule has 1 amide bonds. The minimum atomic E-state index is -0.395. The molecule has 3 heterocycles. The van der Waals surface area contributed by atoms with Crippen LogP contribution in [-0.2, 0) is 11.3 Å². The minimum Gasteiger partial charge on any atom is -0.342 e. The zero-order valence-corrected chi connectivity index (χ0v) is 15.1. The smallest absolute Gasteiger partial charge is 0.262 e. The molecule has 1 N–H and O–H groups in total. The van der Waals surface area contributed by atoms with Crippen molar-refractivity contribution in [2.75, 3.05) is 0 Å². The molecule has 0 aliphatic heterocycles. The highest BCUT2D eigenvalue weighted by Crippen LogP contribution is 2.20. The molecule has 0 aliphatic rings. The number of rotatable bonds is 5. The number of thiophene rings is 1. The summed E-state index contributed by atoms with van der Waals surface area (Å²) >= 11 is 1.40. The maximum absolute atomic E-state index is 12.7. The van der Waals surface area contributed by atoms with Crippen molar-refractivity contribution in [2.45, 2.75) is 12.6 Å². The van der Waals surface area contributed by atoms with Gasteiger partial charge in [-0.05, 0) is 29.1 Å². The molecule has 4 rings (SSSR count). The fourth-order valence-electron chi connectivity index (χ4n) is 2.89. The van der Waals surface area contributed by atoms with Crippen LogP contribution in [0.3, 0.4) is 0 Å². The molecular formula is C20H16N4O2S. The zero-order chi connectivity index (χ0) is 18.6. The molecule has 1 atom stereocenters. The Morgan fingerprint density at radius 1 is 1.07 bits per heavy atom. The van der Waals surface area contributed by atoms with Gasteiger partial charge in [-0.3, -0.25) is 19.1 Å². The predicted molar refractivity (Wildman–Crippen MR) is 105 cm³/mol. The van der Waals surface area contributed by atoms with Crippen molar-refractivity contribution >= 4 is 27.5 Å². The van der Waals surface area contributed by atoms with E-state index in [-0.39, 0.29) is 18.0 Å². The van der Waals surface area contributed by atoms with Crippen LogP contribution in [-0.4, -0.2) is 20.4 Å². The van der Waals surface area contributed by atoms with Gasteiger partial charge in [0.05, 0.1) is 23.4 Å². The van der Waals surface area contributed by atoms with E-state index in [2.05, 4.69) is 15.3 Å². The number of amides is 1. The first-order valence-electron chi connectivity index (χ1n) is 8.40. The zero-order valence-electron chi connectivity index (χ0n) is 14.3. The summed E-state index contributed by atoms with van der Waals surface area (Å²) < 4.78 is 1.32. The van der Waals surface area contributed by atoms with Crippen molar-refractivity contribution in [3.8, 4) is 0 Å². The summed E-state index contributed by atoms with van der Waals surface area (Å²) in [6, 6.07) is 16.5. The number of hydrogen-bond acceptors (Lipinski definition) is 5. The maximum atomic E-state index is 12.7. The molecule has 134 valence electrons. The molecule has 0 spiro atoms. The van der Waals surface area contributed by atoms with Crippen LogP contribution in [0.4, 0.5) is 0 Å². The summed E-state index contributed by atoms with van der Waals surface area (Å²) in [4.78, 5) is 34.4. The third-order valence-electron chi connectivity index (χ3n) is 4.19. The summed E-state index contributed by atoms with van der Waals surface area (Å²) in [6.45, 7) is -0.103. The summed E-state index contributed by atoms with van der Waals surface area (Å²) in [7, 11) is 0. The summed E-state index contributed by atoms with van der Waals surface area (Å²) in [5, 5.41) is 5.32. The predicted octanol–water partition coefficient (Wildman–Crippen LogP) is 2.76. The van der Waals surface area contributed by atoms with E-state index >= 15 is 0 Å². The molecule has 7 heteroatoms. The van der Waals surface area contributed by atoms with Gasteiger partial charge in [0.1, 0.15) is 11.4 Å².